The number of unbranched alkanes of at least 4 members (excludes halogenated alkanes) is 12. The van der Waals surface area contributed by atoms with Crippen LogP contribution in [0.25, 0.3) is 0 Å². The maximum Gasteiger partial charge on any atom is 0.472 e. The van der Waals surface area contributed by atoms with Gasteiger partial charge in [0, 0.05) is 19.6 Å². The van der Waals surface area contributed by atoms with E-state index in [1.807, 2.05) is 0 Å². The van der Waals surface area contributed by atoms with Gasteiger partial charge in [-0.25, -0.2) is 4.57 Å². The van der Waals surface area contributed by atoms with E-state index >= 15 is 0 Å². The van der Waals surface area contributed by atoms with Gasteiger partial charge >= 0.3 is 13.8 Å². The molecule has 0 aliphatic rings. The summed E-state index contributed by atoms with van der Waals surface area (Å²) in [5.74, 6) is -0.349. The summed E-state index contributed by atoms with van der Waals surface area (Å²) < 4.78 is 32.9. The Morgan fingerprint density at radius 3 is 2.10 bits per heavy atom. The van der Waals surface area contributed by atoms with Gasteiger partial charge in [0.25, 0.3) is 0 Å². The Bertz CT molecular complexity index is 657. The van der Waals surface area contributed by atoms with Crippen LogP contribution >= 0.6 is 7.82 Å². The summed E-state index contributed by atoms with van der Waals surface area (Å²) >= 11 is 0. The number of phosphoric acid groups is 1. The molecular weight excluding hydrogens is 517 g/mol. The molecule has 230 valence electrons. The molecule has 0 rings (SSSR count). The zero-order chi connectivity index (χ0) is 28.9. The average Bonchev–Trinajstić information content (AvgIpc) is 2.92. The van der Waals surface area contributed by atoms with E-state index in [-0.39, 0.29) is 32.3 Å². The maximum atomic E-state index is 12.4. The minimum absolute atomic E-state index is 0.0976. The van der Waals surface area contributed by atoms with Crippen LogP contribution in [0.5, 0.6) is 0 Å². The molecule has 0 saturated carbocycles. The molecule has 0 aliphatic heterocycles. The number of ether oxygens (including phenoxy) is 2. The van der Waals surface area contributed by atoms with Crippen molar-refractivity contribution < 1.29 is 32.8 Å². The van der Waals surface area contributed by atoms with Crippen LogP contribution in [0.1, 0.15) is 123 Å². The molecule has 0 radical (unpaired) electrons. The van der Waals surface area contributed by atoms with Gasteiger partial charge in [0.2, 0.25) is 0 Å². The third-order valence-corrected chi connectivity index (χ3v) is 7.09. The van der Waals surface area contributed by atoms with Crippen molar-refractivity contribution in [2.45, 2.75) is 129 Å². The third kappa shape index (κ3) is 28.3. The van der Waals surface area contributed by atoms with Crippen molar-refractivity contribution in [1.82, 2.24) is 0 Å². The number of hydrogen-bond donors (Lipinski definition) is 2. The van der Waals surface area contributed by atoms with Crippen LogP contribution < -0.4 is 5.73 Å². The first kappa shape index (κ1) is 38.0. The minimum Gasteiger partial charge on any atom is -0.457 e. The molecule has 3 N–H and O–H groups in total. The topological polar surface area (TPSA) is 117 Å². The van der Waals surface area contributed by atoms with Crippen molar-refractivity contribution in [3.63, 3.8) is 0 Å². The van der Waals surface area contributed by atoms with Crippen LogP contribution in [0.3, 0.4) is 0 Å². The predicted octanol–water partition coefficient (Wildman–Crippen LogP) is 7.79. The molecule has 8 nitrogen and oxygen atoms in total. The normalized spacial score (nSPS) is 14.3. The summed E-state index contributed by atoms with van der Waals surface area (Å²) in [5, 5.41) is 0. The highest BCUT2D eigenvalue weighted by atomic mass is 31.2. The van der Waals surface area contributed by atoms with Gasteiger partial charge in [0.1, 0.15) is 6.10 Å². The number of carbonyl (C=O) groups excluding carboxylic acids is 1. The number of carbonyl (C=O) groups is 1. The van der Waals surface area contributed by atoms with Crippen molar-refractivity contribution >= 4 is 13.8 Å². The molecule has 0 aliphatic carbocycles. The zero-order valence-corrected chi connectivity index (χ0v) is 25.8. The van der Waals surface area contributed by atoms with Gasteiger partial charge in [-0.15, -0.1) is 0 Å². The lowest BCUT2D eigenvalue weighted by Gasteiger charge is -2.20. The van der Waals surface area contributed by atoms with Crippen molar-refractivity contribution in [3.8, 4) is 0 Å². The molecule has 0 fully saturated rings. The highest BCUT2D eigenvalue weighted by Gasteiger charge is 2.25. The summed E-state index contributed by atoms with van der Waals surface area (Å²) in [6.45, 7) is 4.77. The van der Waals surface area contributed by atoms with Crippen LogP contribution in [0.15, 0.2) is 24.3 Å². The average molecular weight is 576 g/mol. The Morgan fingerprint density at radius 1 is 0.769 bits per heavy atom. The van der Waals surface area contributed by atoms with E-state index in [1.165, 1.54) is 38.5 Å². The number of esters is 1. The summed E-state index contributed by atoms with van der Waals surface area (Å²) in [6.07, 6.45) is 26.2. The van der Waals surface area contributed by atoms with E-state index in [1.54, 1.807) is 0 Å². The first-order valence-electron chi connectivity index (χ1n) is 15.3. The van der Waals surface area contributed by atoms with Crippen LogP contribution in [0.4, 0.5) is 0 Å². The monoisotopic (exact) mass is 575 g/mol. The molecule has 9 heteroatoms. The molecule has 0 amide bonds. The van der Waals surface area contributed by atoms with E-state index in [0.717, 1.165) is 64.2 Å². The van der Waals surface area contributed by atoms with Gasteiger partial charge in [-0.1, -0.05) is 102 Å². The lowest BCUT2D eigenvalue weighted by molar-refractivity contribution is -0.154. The van der Waals surface area contributed by atoms with Crippen molar-refractivity contribution in [2.75, 3.05) is 33.0 Å². The Morgan fingerprint density at radius 2 is 1.41 bits per heavy atom. The molecule has 0 aromatic rings. The highest BCUT2D eigenvalue weighted by Crippen LogP contribution is 2.43. The second-order valence-electron chi connectivity index (χ2n) is 9.97. The largest absolute Gasteiger partial charge is 0.472 e. The first-order chi connectivity index (χ1) is 18.9. The highest BCUT2D eigenvalue weighted by molar-refractivity contribution is 7.47. The van der Waals surface area contributed by atoms with Crippen LogP contribution in [-0.2, 0) is 27.9 Å². The van der Waals surface area contributed by atoms with Crippen LogP contribution in [-0.4, -0.2) is 49.9 Å². The maximum absolute atomic E-state index is 12.4. The van der Waals surface area contributed by atoms with Crippen LogP contribution in [0, 0.1) is 0 Å². The van der Waals surface area contributed by atoms with Gasteiger partial charge in [0.15, 0.2) is 0 Å². The molecule has 0 aromatic carbocycles. The molecule has 0 heterocycles. The number of allylic oxidation sites excluding steroid dienone is 4. The van der Waals surface area contributed by atoms with E-state index < -0.39 is 13.9 Å². The van der Waals surface area contributed by atoms with E-state index in [0.29, 0.717) is 13.0 Å². The Hall–Kier alpha value is -1.02. The van der Waals surface area contributed by atoms with Crippen molar-refractivity contribution in [2.24, 2.45) is 5.73 Å². The second kappa shape index (κ2) is 28.5. The molecule has 2 unspecified atom stereocenters. The lowest BCUT2D eigenvalue weighted by Crippen LogP contribution is -2.28. The minimum atomic E-state index is -4.26. The fourth-order valence-electron chi connectivity index (χ4n) is 3.85. The quantitative estimate of drug-likeness (QED) is 0.0402. The van der Waals surface area contributed by atoms with Crippen LogP contribution in [0.2, 0.25) is 0 Å². The summed E-state index contributed by atoms with van der Waals surface area (Å²) in [7, 11) is -4.26. The number of hydrogen-bond acceptors (Lipinski definition) is 7. The number of phosphoric ester groups is 1. The van der Waals surface area contributed by atoms with E-state index in [4.69, 9.17) is 24.3 Å². The first-order valence-corrected chi connectivity index (χ1v) is 16.8. The summed E-state index contributed by atoms with van der Waals surface area (Å²) in [6, 6.07) is 0. The fraction of sp³-hybridized carbons (Fsp3) is 0.833. The second-order valence-corrected chi connectivity index (χ2v) is 11.4. The predicted molar refractivity (Wildman–Crippen MR) is 160 cm³/mol. The molecule has 2 atom stereocenters. The van der Waals surface area contributed by atoms with Gasteiger partial charge in [-0.05, 0) is 38.5 Å². The SMILES string of the molecule is CCC/C=C\C/C=C\CCCCCCCC(=O)OC(COCCCCCCCCC)COP(=O)(O)OCCN. The molecule has 0 spiro atoms. The number of nitrogens with two attached hydrogens (primary N) is 1. The standard InChI is InChI=1S/C30H58NO7P/c1-3-5-7-9-11-12-13-14-15-16-17-19-21-23-30(32)38-29(28-37-39(33,34)36-26-24-31)27-35-25-22-20-18-10-8-6-4-2/h7,9,12-13,29H,3-6,8,10-11,14-28,31H2,1-2H3,(H,33,34)/b9-7-,13-12-. The van der Waals surface area contributed by atoms with Gasteiger partial charge in [-0.3, -0.25) is 13.8 Å². The Kier molecular flexibility index (Phi) is 27.8. The zero-order valence-electron chi connectivity index (χ0n) is 24.9. The van der Waals surface area contributed by atoms with Gasteiger partial charge in [0.05, 0.1) is 19.8 Å². The van der Waals surface area contributed by atoms with E-state index in [9.17, 15) is 14.3 Å². The van der Waals surface area contributed by atoms with Crippen molar-refractivity contribution in [1.29, 1.82) is 0 Å². The van der Waals surface area contributed by atoms with Gasteiger partial charge in [-0.2, -0.15) is 0 Å². The summed E-state index contributed by atoms with van der Waals surface area (Å²) in [4.78, 5) is 22.1. The third-order valence-electron chi connectivity index (χ3n) is 6.10. The smallest absolute Gasteiger partial charge is 0.457 e. The lowest BCUT2D eigenvalue weighted by atomic mass is 10.1. The Labute approximate surface area is 238 Å². The van der Waals surface area contributed by atoms with Gasteiger partial charge < -0.3 is 20.1 Å². The Balaban J connectivity index is 4.19. The molecule has 0 aromatic heterocycles. The van der Waals surface area contributed by atoms with E-state index in [2.05, 4.69) is 38.2 Å². The number of rotatable bonds is 29. The summed E-state index contributed by atoms with van der Waals surface area (Å²) in [5.41, 5.74) is 5.31. The molecule has 0 saturated heterocycles. The fourth-order valence-corrected chi connectivity index (χ4v) is 4.62. The molecule has 39 heavy (non-hydrogen) atoms. The molecule has 0 bridgehead atoms. The molecular formula is C30H58NO7P. The van der Waals surface area contributed by atoms with Crippen molar-refractivity contribution in [3.05, 3.63) is 24.3 Å².